The molecule has 0 atom stereocenters. The van der Waals surface area contributed by atoms with Gasteiger partial charge in [-0.25, -0.2) is 12.1 Å². The summed E-state index contributed by atoms with van der Waals surface area (Å²) >= 11 is 0. The molecule has 0 saturated carbocycles. The van der Waals surface area contributed by atoms with Crippen molar-refractivity contribution in [1.29, 1.82) is 0 Å². The largest absolute Gasteiger partial charge is 4.00 e. The van der Waals surface area contributed by atoms with E-state index in [-0.39, 0.29) is 43.3 Å². The molecule has 0 bridgehead atoms. The fraction of sp³-hybridized carbons (Fsp3) is 0.429. The summed E-state index contributed by atoms with van der Waals surface area (Å²) in [5, 5.41) is 0. The topological polar surface area (TPSA) is 9.23 Å². The molecule has 1 rings (SSSR count). The summed E-state index contributed by atoms with van der Waals surface area (Å²) in [4.78, 5) is 0. The molecule has 0 radical (unpaired) electrons. The van der Waals surface area contributed by atoms with Crippen LogP contribution in [0.25, 0.3) is 0 Å². The van der Waals surface area contributed by atoms with Crippen molar-refractivity contribution in [2.24, 2.45) is 0 Å². The van der Waals surface area contributed by atoms with Crippen molar-refractivity contribution in [3.63, 3.8) is 0 Å². The van der Waals surface area contributed by atoms with Crippen LogP contribution in [0, 0.1) is 22.3 Å². The molecule has 0 heterocycles. The van der Waals surface area contributed by atoms with Gasteiger partial charge in [-0.15, -0.1) is 0 Å². The average Bonchev–Trinajstić information content (AvgIpc) is 2.57. The van der Waals surface area contributed by atoms with Gasteiger partial charge in [0, 0.05) is 7.11 Å². The van der Waals surface area contributed by atoms with Crippen LogP contribution in [-0.4, -0.2) is 15.4 Å². The predicted molar refractivity (Wildman–Crippen MR) is 78.9 cm³/mol. The van der Waals surface area contributed by atoms with Crippen LogP contribution >= 0.6 is 0 Å². The molecule has 1 nitrogen and oxygen atoms in total. The molecule has 0 aromatic heterocycles. The van der Waals surface area contributed by atoms with E-state index >= 15 is 0 Å². The molecule has 0 amide bonds. The summed E-state index contributed by atoms with van der Waals surface area (Å²) < 4.78 is 5.50. The van der Waals surface area contributed by atoms with Crippen LogP contribution < -0.4 is 0 Å². The van der Waals surface area contributed by atoms with Gasteiger partial charge in [-0.05, 0) is 19.1 Å². The van der Waals surface area contributed by atoms with Crippen LogP contribution in [0.1, 0.15) is 12.0 Å². The first kappa shape index (κ1) is 25.9. The Morgan fingerprint density at radius 2 is 1.53 bits per heavy atom. The van der Waals surface area contributed by atoms with Gasteiger partial charge in [0.25, 0.3) is 0 Å². The first-order chi connectivity index (χ1) is 6.14. The molecular formula is C14H28OPtSi. The normalized spacial score (nSPS) is 9.12. The van der Waals surface area contributed by atoms with Crippen molar-refractivity contribution in [1.82, 2.24) is 0 Å². The Morgan fingerprint density at radius 1 is 1.06 bits per heavy atom. The average molecular weight is 436 g/mol. The second kappa shape index (κ2) is 12.7. The fourth-order valence-electron chi connectivity index (χ4n) is 1.40. The third-order valence-corrected chi connectivity index (χ3v) is 5.19. The molecule has 0 saturated heterocycles. The molecule has 17 heavy (non-hydrogen) atoms. The summed E-state index contributed by atoms with van der Waals surface area (Å²) in [7, 11) is 0.531. The van der Waals surface area contributed by atoms with Gasteiger partial charge in [-0.3, -0.25) is 0 Å². The number of aryl methyl sites for hydroxylation is 1. The van der Waals surface area contributed by atoms with Crippen molar-refractivity contribution in [2.75, 3.05) is 7.11 Å². The Balaban J connectivity index is -0.000000211. The smallest absolute Gasteiger partial charge is 0.420 e. The molecule has 0 aliphatic rings. The van der Waals surface area contributed by atoms with E-state index in [4.69, 9.17) is 4.43 Å². The van der Waals surface area contributed by atoms with Gasteiger partial charge in [0.15, 0.2) is 8.32 Å². The maximum atomic E-state index is 5.50. The zero-order valence-corrected chi connectivity index (χ0v) is 15.4. The molecule has 0 aliphatic carbocycles. The van der Waals surface area contributed by atoms with Crippen molar-refractivity contribution >= 4 is 8.32 Å². The zero-order valence-electron chi connectivity index (χ0n) is 12.2. The summed E-state index contributed by atoms with van der Waals surface area (Å²) in [6.45, 7) is 4.55. The monoisotopic (exact) mass is 435 g/mol. The van der Waals surface area contributed by atoms with E-state index in [0.29, 0.717) is 0 Å². The predicted octanol–water partition coefficient (Wildman–Crippen LogP) is 4.54. The van der Waals surface area contributed by atoms with Crippen LogP contribution in [-0.2, 0) is 31.9 Å². The fourth-order valence-corrected chi connectivity index (χ4v) is 2.63. The van der Waals surface area contributed by atoms with Crippen molar-refractivity contribution in [3.8, 4) is 0 Å². The Morgan fingerprint density at radius 3 is 1.94 bits per heavy atom. The third-order valence-electron chi connectivity index (χ3n) is 2.53. The molecule has 0 aliphatic heterocycles. The van der Waals surface area contributed by atoms with E-state index in [2.05, 4.69) is 37.4 Å². The summed E-state index contributed by atoms with van der Waals surface area (Å²) in [5.41, 5.74) is 1.46. The minimum Gasteiger partial charge on any atom is -0.420 e. The van der Waals surface area contributed by atoms with Gasteiger partial charge in [-0.2, -0.15) is 17.7 Å². The SMILES string of the molecule is CO[Si](C)(C)CCC[c-]1cccc1.[CH3-].[CH3-].[CH3-].[Pt+4]. The van der Waals surface area contributed by atoms with Crippen LogP contribution in [0.3, 0.4) is 0 Å². The van der Waals surface area contributed by atoms with Crippen LogP contribution in [0.15, 0.2) is 24.3 Å². The van der Waals surface area contributed by atoms with Crippen LogP contribution in [0.5, 0.6) is 0 Å². The molecule has 1 aromatic rings. The Hall–Kier alpha value is 0.215. The Labute approximate surface area is 125 Å². The van der Waals surface area contributed by atoms with Gasteiger partial charge in [0.1, 0.15) is 0 Å². The second-order valence-corrected chi connectivity index (χ2v) is 8.54. The quantitative estimate of drug-likeness (QED) is 0.488. The van der Waals surface area contributed by atoms with E-state index in [1.54, 1.807) is 0 Å². The zero-order chi connectivity index (χ0) is 9.73. The molecule has 104 valence electrons. The van der Waals surface area contributed by atoms with E-state index in [9.17, 15) is 0 Å². The number of hydrogen-bond donors (Lipinski definition) is 0. The number of rotatable bonds is 5. The minimum absolute atomic E-state index is 0. The summed E-state index contributed by atoms with van der Waals surface area (Å²) in [6.07, 6.45) is 2.46. The van der Waals surface area contributed by atoms with Gasteiger partial charge >= 0.3 is 21.1 Å². The van der Waals surface area contributed by atoms with Gasteiger partial charge in [0.05, 0.1) is 0 Å². The molecule has 0 unspecified atom stereocenters. The molecule has 0 fully saturated rings. The molecule has 1 aromatic carbocycles. The summed E-state index contributed by atoms with van der Waals surface area (Å²) in [6, 6.07) is 9.86. The molecule has 0 N–H and O–H groups in total. The summed E-state index contributed by atoms with van der Waals surface area (Å²) in [5.74, 6) is 0. The van der Waals surface area contributed by atoms with Crippen molar-refractivity contribution in [3.05, 3.63) is 52.1 Å². The maximum absolute atomic E-state index is 5.50. The standard InChI is InChI=1S/C11H19OSi.3CH3.Pt/c1-12-13(2,3)10-6-9-11-7-4-5-8-11;;;;/h4-5,7-8H,6,9-10H2,1-3H3;3*1H3;/q4*-1;+4. The van der Waals surface area contributed by atoms with Crippen LogP contribution in [0.2, 0.25) is 19.1 Å². The van der Waals surface area contributed by atoms with Crippen molar-refractivity contribution < 1.29 is 25.5 Å². The number of hydrogen-bond acceptors (Lipinski definition) is 1. The molecule has 3 heteroatoms. The van der Waals surface area contributed by atoms with Gasteiger partial charge in [0.2, 0.25) is 0 Å². The van der Waals surface area contributed by atoms with E-state index in [0.717, 1.165) is 0 Å². The van der Waals surface area contributed by atoms with Gasteiger partial charge in [-0.1, -0.05) is 12.8 Å². The molecule has 0 spiro atoms. The van der Waals surface area contributed by atoms with E-state index in [1.165, 1.54) is 24.4 Å². The Bertz CT molecular complexity index is 232. The minimum atomic E-state index is -1.31. The second-order valence-electron chi connectivity index (χ2n) is 4.11. The molecular weight excluding hydrogens is 407 g/mol. The van der Waals surface area contributed by atoms with E-state index in [1.807, 2.05) is 7.11 Å². The van der Waals surface area contributed by atoms with Gasteiger partial charge < -0.3 is 26.7 Å². The van der Waals surface area contributed by atoms with Crippen molar-refractivity contribution in [2.45, 2.75) is 32.0 Å². The maximum Gasteiger partial charge on any atom is 4.00 e. The first-order valence-electron chi connectivity index (χ1n) is 4.90. The Kier molecular flexibility index (Phi) is 19.3. The van der Waals surface area contributed by atoms with Crippen LogP contribution in [0.4, 0.5) is 0 Å². The van der Waals surface area contributed by atoms with E-state index < -0.39 is 8.32 Å². The first-order valence-corrected chi connectivity index (χ1v) is 8.01. The third kappa shape index (κ3) is 11.1.